The monoisotopic (exact) mass is 394 g/mol. The molecule has 0 amide bonds. The van der Waals surface area contributed by atoms with E-state index in [9.17, 15) is 4.79 Å². The Kier molecular flexibility index (Phi) is 6.16. The second-order valence-corrected chi connectivity index (χ2v) is 8.11. The zero-order chi connectivity index (χ0) is 20.2. The highest BCUT2D eigenvalue weighted by Crippen LogP contribution is 2.46. The first-order valence-electron chi connectivity index (χ1n) is 10.7. The van der Waals surface area contributed by atoms with Crippen molar-refractivity contribution < 1.29 is 14.6 Å². The van der Waals surface area contributed by atoms with Gasteiger partial charge in [-0.15, -0.1) is 0 Å². The van der Waals surface area contributed by atoms with Gasteiger partial charge in [-0.3, -0.25) is 4.79 Å². The molecule has 1 N–H and O–H groups in total. The second kappa shape index (κ2) is 8.97. The molecule has 0 aliphatic carbocycles. The molecule has 2 aromatic carbocycles. The molecule has 0 aromatic heterocycles. The third kappa shape index (κ3) is 4.46. The molecular weight excluding hydrogens is 364 g/mol. The number of anilines is 2. The van der Waals surface area contributed by atoms with Crippen LogP contribution in [0.2, 0.25) is 0 Å². The molecule has 2 heterocycles. The average Bonchev–Trinajstić information content (AvgIpc) is 2.74. The summed E-state index contributed by atoms with van der Waals surface area (Å²) in [7, 11) is 0. The fraction of sp³-hybridized carbons (Fsp3) is 0.458. The summed E-state index contributed by atoms with van der Waals surface area (Å²) < 4.78 is 6.09. The van der Waals surface area contributed by atoms with Crippen LogP contribution in [0.15, 0.2) is 42.5 Å². The van der Waals surface area contributed by atoms with E-state index in [0.29, 0.717) is 18.1 Å². The zero-order valence-corrected chi connectivity index (χ0v) is 17.1. The lowest BCUT2D eigenvalue weighted by atomic mass is 9.94. The summed E-state index contributed by atoms with van der Waals surface area (Å²) >= 11 is 0. The highest BCUT2D eigenvalue weighted by atomic mass is 16.5. The molecule has 0 radical (unpaired) electrons. The van der Waals surface area contributed by atoms with E-state index in [1.165, 1.54) is 12.8 Å². The summed E-state index contributed by atoms with van der Waals surface area (Å²) in [4.78, 5) is 16.7. The second-order valence-electron chi connectivity index (χ2n) is 8.11. The molecule has 29 heavy (non-hydrogen) atoms. The van der Waals surface area contributed by atoms with Gasteiger partial charge in [0, 0.05) is 18.7 Å². The topological polar surface area (TPSA) is 53.0 Å². The van der Waals surface area contributed by atoms with Crippen molar-refractivity contribution in [2.45, 2.75) is 32.6 Å². The summed E-state index contributed by atoms with van der Waals surface area (Å²) in [6.07, 6.45) is 4.36. The number of rotatable bonds is 7. The number of carbonyl (C=O) groups is 1. The van der Waals surface area contributed by atoms with Crippen molar-refractivity contribution in [2.24, 2.45) is 5.92 Å². The van der Waals surface area contributed by atoms with Crippen LogP contribution >= 0.6 is 0 Å². The molecule has 0 atom stereocenters. The minimum atomic E-state index is 0.0670. The Morgan fingerprint density at radius 2 is 1.83 bits per heavy atom. The number of benzene rings is 2. The quantitative estimate of drug-likeness (QED) is 0.695. The van der Waals surface area contributed by atoms with Gasteiger partial charge in [0.25, 0.3) is 0 Å². The van der Waals surface area contributed by atoms with Crippen molar-refractivity contribution in [1.29, 1.82) is 0 Å². The number of aliphatic hydroxyl groups excluding tert-OH is 1. The minimum Gasteiger partial charge on any atom is -0.453 e. The van der Waals surface area contributed by atoms with Gasteiger partial charge < -0.3 is 19.6 Å². The Hall–Kier alpha value is -2.37. The molecule has 2 aromatic rings. The summed E-state index contributed by atoms with van der Waals surface area (Å²) in [6, 6.07) is 13.8. The van der Waals surface area contributed by atoms with Crippen molar-refractivity contribution in [3.8, 4) is 11.5 Å². The minimum absolute atomic E-state index is 0.0670. The molecule has 5 heteroatoms. The Morgan fingerprint density at radius 3 is 2.59 bits per heavy atom. The Morgan fingerprint density at radius 1 is 1.07 bits per heavy atom. The molecule has 5 nitrogen and oxygen atoms in total. The standard InChI is InChI=1S/C24H30N2O3/c1-18(28)20-7-8-24-22(17-20)26(21-5-2-3-6-23(21)29-24)13-4-12-25-14-9-19(10-15-25)11-16-27/h2-3,5-8,17,19,27H,4,9-16H2,1H3. The number of hydrogen-bond acceptors (Lipinski definition) is 5. The molecule has 0 unspecified atom stereocenters. The van der Waals surface area contributed by atoms with Crippen molar-refractivity contribution >= 4 is 17.2 Å². The maximum atomic E-state index is 11.9. The maximum absolute atomic E-state index is 11.9. The molecule has 1 fully saturated rings. The molecule has 1 saturated heterocycles. The summed E-state index contributed by atoms with van der Waals surface area (Å²) in [5.74, 6) is 2.41. The molecule has 0 saturated carbocycles. The fourth-order valence-corrected chi connectivity index (χ4v) is 4.42. The third-order valence-corrected chi connectivity index (χ3v) is 6.13. The van der Waals surface area contributed by atoms with Crippen molar-refractivity contribution in [2.75, 3.05) is 37.7 Å². The Labute approximate surface area is 172 Å². The number of para-hydroxylation sites is 2. The zero-order valence-electron chi connectivity index (χ0n) is 17.1. The number of ketones is 1. The number of aliphatic hydroxyl groups is 1. The van der Waals surface area contributed by atoms with Gasteiger partial charge in [-0.1, -0.05) is 12.1 Å². The van der Waals surface area contributed by atoms with Crippen LogP contribution in [0.3, 0.4) is 0 Å². The largest absolute Gasteiger partial charge is 0.453 e. The number of ether oxygens (including phenoxy) is 1. The number of piperidine rings is 1. The SMILES string of the molecule is CC(=O)c1ccc2c(c1)N(CCCN1CCC(CCO)CC1)c1ccccc1O2. The predicted molar refractivity (Wildman–Crippen MR) is 115 cm³/mol. The van der Waals surface area contributed by atoms with Gasteiger partial charge in [0.15, 0.2) is 17.3 Å². The number of likely N-dealkylation sites (tertiary alicyclic amines) is 1. The maximum Gasteiger partial charge on any atom is 0.159 e. The van der Waals surface area contributed by atoms with Crippen LogP contribution in [-0.2, 0) is 0 Å². The van der Waals surface area contributed by atoms with Gasteiger partial charge in [0.2, 0.25) is 0 Å². The van der Waals surface area contributed by atoms with Crippen molar-refractivity contribution in [3.05, 3.63) is 48.0 Å². The van der Waals surface area contributed by atoms with Crippen molar-refractivity contribution in [1.82, 2.24) is 4.90 Å². The van der Waals surface area contributed by atoms with Crippen LogP contribution < -0.4 is 9.64 Å². The van der Waals surface area contributed by atoms with Gasteiger partial charge in [0.05, 0.1) is 11.4 Å². The van der Waals surface area contributed by atoms with E-state index >= 15 is 0 Å². The average molecular weight is 395 g/mol. The normalized spacial score (nSPS) is 16.8. The van der Waals surface area contributed by atoms with E-state index in [1.807, 2.05) is 36.4 Å². The summed E-state index contributed by atoms with van der Waals surface area (Å²) in [5.41, 5.74) is 2.74. The molecule has 154 valence electrons. The van der Waals surface area contributed by atoms with Crippen LogP contribution in [0.4, 0.5) is 11.4 Å². The van der Waals surface area contributed by atoms with Crippen LogP contribution in [0, 0.1) is 5.92 Å². The molecule has 2 aliphatic rings. The van der Waals surface area contributed by atoms with E-state index < -0.39 is 0 Å². The molecule has 0 bridgehead atoms. The van der Waals surface area contributed by atoms with Crippen molar-refractivity contribution in [3.63, 3.8) is 0 Å². The lowest BCUT2D eigenvalue weighted by molar-refractivity contribution is 0.101. The predicted octanol–water partition coefficient (Wildman–Crippen LogP) is 4.62. The summed E-state index contributed by atoms with van der Waals surface area (Å²) in [6.45, 7) is 6.09. The number of Topliss-reactive ketones (excluding diaryl/α,β-unsaturated/α-hetero) is 1. The fourth-order valence-electron chi connectivity index (χ4n) is 4.42. The smallest absolute Gasteiger partial charge is 0.159 e. The number of hydrogen-bond donors (Lipinski definition) is 1. The lowest BCUT2D eigenvalue weighted by Crippen LogP contribution is -2.36. The molecule has 2 aliphatic heterocycles. The molecule has 4 rings (SSSR count). The first kappa shape index (κ1) is 19.9. The van der Waals surface area contributed by atoms with Crippen LogP contribution in [0.5, 0.6) is 11.5 Å². The summed E-state index contributed by atoms with van der Waals surface area (Å²) in [5, 5.41) is 9.13. The van der Waals surface area contributed by atoms with E-state index in [4.69, 9.17) is 9.84 Å². The van der Waals surface area contributed by atoms with Gasteiger partial charge in [-0.25, -0.2) is 0 Å². The van der Waals surface area contributed by atoms with Crippen LogP contribution in [0.25, 0.3) is 0 Å². The number of nitrogens with zero attached hydrogens (tertiary/aromatic N) is 2. The Bertz CT molecular complexity index is 859. The van der Waals surface area contributed by atoms with Crippen LogP contribution in [-0.4, -0.2) is 48.6 Å². The highest BCUT2D eigenvalue weighted by Gasteiger charge is 2.25. The number of carbonyl (C=O) groups excluding carboxylic acids is 1. The molecule has 0 spiro atoms. The highest BCUT2D eigenvalue weighted by molar-refractivity contribution is 5.96. The van der Waals surface area contributed by atoms with Gasteiger partial charge in [-0.05, 0) is 88.5 Å². The number of fused-ring (bicyclic) bond motifs is 2. The van der Waals surface area contributed by atoms with Gasteiger partial charge in [-0.2, -0.15) is 0 Å². The third-order valence-electron chi connectivity index (χ3n) is 6.13. The lowest BCUT2D eigenvalue weighted by Gasteiger charge is -2.35. The van der Waals surface area contributed by atoms with Gasteiger partial charge >= 0.3 is 0 Å². The Balaban J connectivity index is 1.45. The van der Waals surface area contributed by atoms with E-state index in [1.54, 1.807) is 6.92 Å². The van der Waals surface area contributed by atoms with Gasteiger partial charge in [0.1, 0.15) is 0 Å². The van der Waals surface area contributed by atoms with Crippen LogP contribution in [0.1, 0.15) is 43.0 Å². The first-order valence-corrected chi connectivity index (χ1v) is 10.7. The van der Waals surface area contributed by atoms with E-state index in [2.05, 4.69) is 15.9 Å². The molecular formula is C24H30N2O3. The van der Waals surface area contributed by atoms with E-state index in [-0.39, 0.29) is 5.78 Å². The first-order chi connectivity index (χ1) is 14.2. The van der Waals surface area contributed by atoms with E-state index in [0.717, 1.165) is 61.9 Å².